The van der Waals surface area contributed by atoms with Gasteiger partial charge in [-0.05, 0) is 62.6 Å². The van der Waals surface area contributed by atoms with Crippen molar-refractivity contribution < 1.29 is 31.6 Å². The molecular formula is C23H21F4N3O3. The van der Waals surface area contributed by atoms with E-state index >= 15 is 0 Å². The number of rotatable bonds is 4. The fourth-order valence-corrected chi connectivity index (χ4v) is 3.99. The van der Waals surface area contributed by atoms with Crippen molar-refractivity contribution in [2.24, 2.45) is 0 Å². The first-order chi connectivity index (χ1) is 15.7. The van der Waals surface area contributed by atoms with Crippen LogP contribution in [-0.4, -0.2) is 35.8 Å². The average Bonchev–Trinajstić information content (AvgIpc) is 3.28. The molecule has 1 saturated heterocycles. The number of nitrogens with zero attached hydrogens (tertiary/aromatic N) is 3. The van der Waals surface area contributed by atoms with Crippen molar-refractivity contribution in [1.29, 1.82) is 0 Å². The Bertz CT molecular complexity index is 1180. The molecule has 3 aromatic rings. The summed E-state index contributed by atoms with van der Waals surface area (Å²) < 4.78 is 65.4. The normalized spacial score (nSPS) is 16.7. The van der Waals surface area contributed by atoms with E-state index in [1.807, 2.05) is 6.92 Å². The Labute approximate surface area is 187 Å². The SMILES string of the molecule is COC(=O)c1cc(-c2noc(-c3ccc(N4CCCCC4C)c(C(F)(F)F)c3)n2)ccc1F. The lowest BCUT2D eigenvalue weighted by atomic mass is 9.99. The van der Waals surface area contributed by atoms with Crippen LogP contribution in [0.15, 0.2) is 40.9 Å². The van der Waals surface area contributed by atoms with E-state index in [-0.39, 0.29) is 40.1 Å². The molecular weight excluding hydrogens is 442 g/mol. The quantitative estimate of drug-likeness (QED) is 0.364. The molecule has 33 heavy (non-hydrogen) atoms. The van der Waals surface area contributed by atoms with Gasteiger partial charge in [-0.15, -0.1) is 0 Å². The first-order valence-corrected chi connectivity index (χ1v) is 10.4. The van der Waals surface area contributed by atoms with Gasteiger partial charge in [-0.25, -0.2) is 9.18 Å². The molecule has 174 valence electrons. The molecule has 6 nitrogen and oxygen atoms in total. The van der Waals surface area contributed by atoms with Gasteiger partial charge in [0.15, 0.2) is 0 Å². The molecule has 0 N–H and O–H groups in total. The van der Waals surface area contributed by atoms with Crippen LogP contribution >= 0.6 is 0 Å². The molecule has 1 aliphatic rings. The monoisotopic (exact) mass is 463 g/mol. The molecule has 10 heteroatoms. The third-order valence-corrected chi connectivity index (χ3v) is 5.72. The molecule has 1 fully saturated rings. The number of hydrogen-bond acceptors (Lipinski definition) is 6. The highest BCUT2D eigenvalue weighted by Gasteiger charge is 2.37. The maximum Gasteiger partial charge on any atom is 0.418 e. The van der Waals surface area contributed by atoms with Crippen LogP contribution in [0.1, 0.15) is 42.1 Å². The third kappa shape index (κ3) is 4.55. The first-order valence-electron chi connectivity index (χ1n) is 10.4. The number of piperidine rings is 1. The predicted octanol–water partition coefficient (Wildman–Crippen LogP) is 5.73. The second-order valence-corrected chi connectivity index (χ2v) is 7.88. The summed E-state index contributed by atoms with van der Waals surface area (Å²) in [5, 5.41) is 3.78. The number of alkyl halides is 3. The van der Waals surface area contributed by atoms with E-state index < -0.39 is 23.5 Å². The summed E-state index contributed by atoms with van der Waals surface area (Å²) in [6.07, 6.45) is -1.92. The van der Waals surface area contributed by atoms with Crippen molar-refractivity contribution >= 4 is 11.7 Å². The van der Waals surface area contributed by atoms with Gasteiger partial charge < -0.3 is 14.2 Å². The summed E-state index contributed by atoms with van der Waals surface area (Å²) in [5.41, 5.74) is -0.616. The fraction of sp³-hybridized carbons (Fsp3) is 0.348. The van der Waals surface area contributed by atoms with E-state index in [4.69, 9.17) is 4.52 Å². The summed E-state index contributed by atoms with van der Waals surface area (Å²) in [5.74, 6) is -1.79. The Morgan fingerprint density at radius 1 is 1.15 bits per heavy atom. The molecule has 1 aromatic heterocycles. The molecule has 0 saturated carbocycles. The lowest BCUT2D eigenvalue weighted by Crippen LogP contribution is -2.38. The van der Waals surface area contributed by atoms with Crippen molar-refractivity contribution in [3.05, 3.63) is 53.3 Å². The number of benzene rings is 2. The van der Waals surface area contributed by atoms with Gasteiger partial charge in [0.05, 0.1) is 18.2 Å². The number of hydrogen-bond donors (Lipinski definition) is 0. The standard InChI is InChI=1S/C23H21F4N3O3/c1-13-5-3-4-10-30(13)19-9-7-15(12-17(19)23(25,26)27)21-28-20(29-33-21)14-6-8-18(24)16(11-14)22(31)32-2/h6-9,11-13H,3-5,10H2,1-2H3. The van der Waals surface area contributed by atoms with Gasteiger partial charge in [-0.1, -0.05) is 5.16 Å². The van der Waals surface area contributed by atoms with Crippen LogP contribution in [0.3, 0.4) is 0 Å². The number of methoxy groups -OCH3 is 1. The maximum absolute atomic E-state index is 13.9. The highest BCUT2D eigenvalue weighted by Crippen LogP contribution is 2.41. The van der Waals surface area contributed by atoms with Gasteiger partial charge in [-0.3, -0.25) is 0 Å². The zero-order valence-electron chi connectivity index (χ0n) is 17.9. The van der Waals surface area contributed by atoms with Crippen molar-refractivity contribution in [2.45, 2.75) is 38.4 Å². The summed E-state index contributed by atoms with van der Waals surface area (Å²) >= 11 is 0. The van der Waals surface area contributed by atoms with E-state index in [1.54, 1.807) is 4.90 Å². The number of carbonyl (C=O) groups excluding carboxylic acids is 1. The molecule has 0 amide bonds. The summed E-state index contributed by atoms with van der Waals surface area (Å²) in [4.78, 5) is 17.7. The lowest BCUT2D eigenvalue weighted by Gasteiger charge is -2.37. The molecule has 2 heterocycles. The van der Waals surface area contributed by atoms with E-state index in [9.17, 15) is 22.4 Å². The largest absolute Gasteiger partial charge is 0.465 e. The molecule has 0 bridgehead atoms. The van der Waals surface area contributed by atoms with Crippen LogP contribution in [0.2, 0.25) is 0 Å². The Hall–Kier alpha value is -3.43. The maximum atomic E-state index is 13.9. The summed E-state index contributed by atoms with van der Waals surface area (Å²) in [6, 6.07) is 7.51. The van der Waals surface area contributed by atoms with Crippen LogP contribution in [0.4, 0.5) is 23.2 Å². The van der Waals surface area contributed by atoms with Crippen LogP contribution in [0.5, 0.6) is 0 Å². The molecule has 2 aromatic carbocycles. The molecule has 1 atom stereocenters. The highest BCUT2D eigenvalue weighted by atomic mass is 19.4. The van der Waals surface area contributed by atoms with Crippen molar-refractivity contribution in [1.82, 2.24) is 10.1 Å². The molecule has 1 unspecified atom stereocenters. The van der Waals surface area contributed by atoms with Crippen molar-refractivity contribution in [2.75, 3.05) is 18.6 Å². The average molecular weight is 463 g/mol. The molecule has 0 spiro atoms. The third-order valence-electron chi connectivity index (χ3n) is 5.72. The van der Waals surface area contributed by atoms with Gasteiger partial charge in [0.1, 0.15) is 5.82 Å². The van der Waals surface area contributed by atoms with Gasteiger partial charge in [-0.2, -0.15) is 18.2 Å². The predicted molar refractivity (Wildman–Crippen MR) is 112 cm³/mol. The molecule has 4 rings (SSSR count). The van der Waals surface area contributed by atoms with Crippen LogP contribution in [-0.2, 0) is 10.9 Å². The zero-order valence-corrected chi connectivity index (χ0v) is 17.9. The lowest BCUT2D eigenvalue weighted by molar-refractivity contribution is -0.137. The topological polar surface area (TPSA) is 68.5 Å². The number of halogens is 4. The number of carbonyl (C=O) groups is 1. The Kier molecular flexibility index (Phi) is 6.09. The van der Waals surface area contributed by atoms with Gasteiger partial charge >= 0.3 is 12.1 Å². The molecule has 1 aliphatic heterocycles. The van der Waals surface area contributed by atoms with Crippen LogP contribution in [0.25, 0.3) is 22.8 Å². The second-order valence-electron chi connectivity index (χ2n) is 7.88. The number of aromatic nitrogens is 2. The van der Waals surface area contributed by atoms with Crippen molar-refractivity contribution in [3.8, 4) is 22.8 Å². The van der Waals surface area contributed by atoms with E-state index in [0.29, 0.717) is 6.54 Å². The second kappa shape index (κ2) is 8.84. The first kappa shape index (κ1) is 22.8. The van der Waals surface area contributed by atoms with E-state index in [0.717, 1.165) is 38.5 Å². The van der Waals surface area contributed by atoms with Gasteiger partial charge in [0, 0.05) is 29.4 Å². The van der Waals surface area contributed by atoms with E-state index in [1.165, 1.54) is 24.3 Å². The summed E-state index contributed by atoms with van der Waals surface area (Å²) in [6.45, 7) is 2.48. The fourth-order valence-electron chi connectivity index (χ4n) is 3.99. The Balaban J connectivity index is 1.71. The number of esters is 1. The summed E-state index contributed by atoms with van der Waals surface area (Å²) in [7, 11) is 1.12. The number of ether oxygens (including phenoxy) is 1. The minimum absolute atomic E-state index is 0.00237. The minimum Gasteiger partial charge on any atom is -0.465 e. The van der Waals surface area contributed by atoms with Crippen LogP contribution in [0, 0.1) is 5.82 Å². The van der Waals surface area contributed by atoms with E-state index in [2.05, 4.69) is 14.9 Å². The van der Waals surface area contributed by atoms with Crippen molar-refractivity contribution in [3.63, 3.8) is 0 Å². The Morgan fingerprint density at radius 2 is 1.91 bits per heavy atom. The Morgan fingerprint density at radius 3 is 2.61 bits per heavy atom. The number of anilines is 1. The smallest absolute Gasteiger partial charge is 0.418 e. The minimum atomic E-state index is -4.57. The molecule has 0 radical (unpaired) electrons. The zero-order chi connectivity index (χ0) is 23.8. The van der Waals surface area contributed by atoms with Gasteiger partial charge in [0.25, 0.3) is 5.89 Å². The highest BCUT2D eigenvalue weighted by molar-refractivity contribution is 5.91. The van der Waals surface area contributed by atoms with Crippen LogP contribution < -0.4 is 4.90 Å². The van der Waals surface area contributed by atoms with Gasteiger partial charge in [0.2, 0.25) is 5.82 Å². The molecule has 0 aliphatic carbocycles.